The van der Waals surface area contributed by atoms with E-state index >= 15 is 0 Å². The van der Waals surface area contributed by atoms with Crippen molar-refractivity contribution < 1.29 is 9.53 Å². The zero-order chi connectivity index (χ0) is 10.8. The van der Waals surface area contributed by atoms with Crippen molar-refractivity contribution in [1.29, 1.82) is 0 Å². The van der Waals surface area contributed by atoms with Crippen molar-refractivity contribution in [3.8, 4) is 11.8 Å². The van der Waals surface area contributed by atoms with E-state index in [9.17, 15) is 4.79 Å². The lowest BCUT2D eigenvalue weighted by Crippen LogP contribution is -2.24. The van der Waals surface area contributed by atoms with Crippen LogP contribution in [0, 0.1) is 11.8 Å². The fourth-order valence-corrected chi connectivity index (χ4v) is 1.05. The van der Waals surface area contributed by atoms with Crippen LogP contribution in [0.15, 0.2) is 0 Å². The zero-order valence-electron chi connectivity index (χ0n) is 9.30. The van der Waals surface area contributed by atoms with Gasteiger partial charge in [0.1, 0.15) is 6.61 Å². The number of likely N-dealkylation sites (N-methyl/N-ethyl adjacent to an activating group) is 1. The largest absolute Gasteiger partial charge is 0.371 e. The molecule has 0 aliphatic carbocycles. The third-order valence-electron chi connectivity index (χ3n) is 1.72. The molecular weight excluding hydrogens is 178 g/mol. The van der Waals surface area contributed by atoms with E-state index in [-0.39, 0.29) is 12.4 Å². The number of hydrogen-bond acceptors (Lipinski definition) is 3. The van der Waals surface area contributed by atoms with Crippen molar-refractivity contribution in [3.05, 3.63) is 0 Å². The van der Waals surface area contributed by atoms with Crippen molar-refractivity contribution >= 4 is 5.78 Å². The number of Topliss-reactive ketones (excluding diaryl/α,β-unsaturated/α-hetero) is 1. The molecule has 0 aromatic carbocycles. The van der Waals surface area contributed by atoms with Gasteiger partial charge in [0.15, 0.2) is 0 Å². The van der Waals surface area contributed by atoms with Gasteiger partial charge in [0.25, 0.3) is 0 Å². The first kappa shape index (κ1) is 13.2. The lowest BCUT2D eigenvalue weighted by atomic mass is 10.4. The highest BCUT2D eigenvalue weighted by atomic mass is 16.5. The van der Waals surface area contributed by atoms with Crippen molar-refractivity contribution in [2.75, 3.05) is 33.4 Å². The second-order valence-corrected chi connectivity index (χ2v) is 3.15. The van der Waals surface area contributed by atoms with E-state index in [1.54, 1.807) is 6.92 Å². The summed E-state index contributed by atoms with van der Waals surface area (Å²) < 4.78 is 5.17. The molecule has 80 valence electrons. The SMILES string of the molecule is CC#CC(=O)COCCN(C)CCC. The highest BCUT2D eigenvalue weighted by Gasteiger charge is 1.98. The van der Waals surface area contributed by atoms with Gasteiger partial charge < -0.3 is 9.64 Å². The van der Waals surface area contributed by atoms with Crippen molar-refractivity contribution in [3.63, 3.8) is 0 Å². The molecule has 0 aromatic rings. The minimum absolute atomic E-state index is 0.112. The van der Waals surface area contributed by atoms with Gasteiger partial charge in [-0.25, -0.2) is 0 Å². The second kappa shape index (κ2) is 8.74. The molecule has 3 heteroatoms. The molecule has 14 heavy (non-hydrogen) atoms. The number of hydrogen-bond donors (Lipinski definition) is 0. The fraction of sp³-hybridized carbons (Fsp3) is 0.727. The smallest absolute Gasteiger partial charge is 0.231 e. The molecule has 0 N–H and O–H groups in total. The maximum Gasteiger partial charge on any atom is 0.231 e. The summed E-state index contributed by atoms with van der Waals surface area (Å²) in [5.41, 5.74) is 0. The number of ketones is 1. The average molecular weight is 197 g/mol. The summed E-state index contributed by atoms with van der Waals surface area (Å²) in [5, 5.41) is 0. The van der Waals surface area contributed by atoms with Crippen LogP contribution in [0.25, 0.3) is 0 Å². The molecule has 0 spiro atoms. The molecular formula is C11H19NO2. The van der Waals surface area contributed by atoms with Gasteiger partial charge >= 0.3 is 0 Å². The predicted octanol–water partition coefficient (Wildman–Crippen LogP) is 0.937. The predicted molar refractivity (Wildman–Crippen MR) is 57.1 cm³/mol. The molecule has 0 radical (unpaired) electrons. The normalized spacial score (nSPS) is 9.71. The van der Waals surface area contributed by atoms with Crippen molar-refractivity contribution in [1.82, 2.24) is 4.90 Å². The van der Waals surface area contributed by atoms with E-state index in [1.165, 1.54) is 0 Å². The van der Waals surface area contributed by atoms with E-state index in [2.05, 4.69) is 23.7 Å². The molecule has 0 saturated heterocycles. The molecule has 0 rings (SSSR count). The first-order valence-corrected chi connectivity index (χ1v) is 4.92. The van der Waals surface area contributed by atoms with Crippen molar-refractivity contribution in [2.24, 2.45) is 0 Å². The van der Waals surface area contributed by atoms with Crippen LogP contribution in [0.2, 0.25) is 0 Å². The fourth-order valence-electron chi connectivity index (χ4n) is 1.05. The number of carbonyl (C=O) groups excluding carboxylic acids is 1. The highest BCUT2D eigenvalue weighted by Crippen LogP contribution is 1.86. The summed E-state index contributed by atoms with van der Waals surface area (Å²) >= 11 is 0. The molecule has 0 amide bonds. The van der Waals surface area contributed by atoms with Gasteiger partial charge in [0, 0.05) is 6.54 Å². The molecule has 0 unspecified atom stereocenters. The Morgan fingerprint density at radius 3 is 2.71 bits per heavy atom. The summed E-state index contributed by atoms with van der Waals surface area (Å²) in [6.07, 6.45) is 1.14. The molecule has 3 nitrogen and oxygen atoms in total. The Morgan fingerprint density at radius 1 is 1.43 bits per heavy atom. The van der Waals surface area contributed by atoms with Gasteiger partial charge in [-0.3, -0.25) is 4.79 Å². The van der Waals surface area contributed by atoms with Gasteiger partial charge in [-0.2, -0.15) is 0 Å². The van der Waals surface area contributed by atoms with E-state index < -0.39 is 0 Å². The lowest BCUT2D eigenvalue weighted by Gasteiger charge is -2.14. The van der Waals surface area contributed by atoms with Crippen LogP contribution in [-0.4, -0.2) is 44.0 Å². The number of ether oxygens (including phenoxy) is 1. The summed E-state index contributed by atoms with van der Waals surface area (Å²) in [5.74, 6) is 4.83. The number of carbonyl (C=O) groups is 1. The second-order valence-electron chi connectivity index (χ2n) is 3.15. The maximum absolute atomic E-state index is 10.9. The van der Waals surface area contributed by atoms with Crippen LogP contribution >= 0.6 is 0 Å². The molecule has 0 atom stereocenters. The van der Waals surface area contributed by atoms with E-state index in [1.807, 2.05) is 7.05 Å². The van der Waals surface area contributed by atoms with Gasteiger partial charge in [-0.1, -0.05) is 12.8 Å². The minimum Gasteiger partial charge on any atom is -0.371 e. The Kier molecular flexibility index (Phi) is 8.20. The van der Waals surface area contributed by atoms with E-state index in [0.29, 0.717) is 6.61 Å². The maximum atomic E-state index is 10.9. The Bertz CT molecular complexity index is 215. The minimum atomic E-state index is -0.148. The van der Waals surface area contributed by atoms with E-state index in [0.717, 1.165) is 19.5 Å². The quantitative estimate of drug-likeness (QED) is 0.345. The monoisotopic (exact) mass is 197 g/mol. The molecule has 0 bridgehead atoms. The molecule has 0 aliphatic rings. The molecule has 0 fully saturated rings. The Hall–Kier alpha value is -0.850. The first-order chi connectivity index (χ1) is 6.70. The van der Waals surface area contributed by atoms with E-state index in [4.69, 9.17) is 4.74 Å². The van der Waals surface area contributed by atoms with Crippen molar-refractivity contribution in [2.45, 2.75) is 20.3 Å². The van der Waals surface area contributed by atoms with Crippen LogP contribution < -0.4 is 0 Å². The van der Waals surface area contributed by atoms with Gasteiger partial charge in [0.2, 0.25) is 5.78 Å². The number of nitrogens with zero attached hydrogens (tertiary/aromatic N) is 1. The number of rotatable bonds is 7. The Labute approximate surface area is 86.4 Å². The Balaban J connectivity index is 3.36. The average Bonchev–Trinajstić information content (AvgIpc) is 2.13. The zero-order valence-corrected chi connectivity index (χ0v) is 9.30. The first-order valence-electron chi connectivity index (χ1n) is 4.92. The standard InChI is InChI=1S/C11H19NO2/c1-4-6-11(13)10-14-9-8-12(3)7-5-2/h5,7-10H2,1-3H3. The van der Waals surface area contributed by atoms with Gasteiger partial charge in [0.05, 0.1) is 6.61 Å². The van der Waals surface area contributed by atoms with Crippen LogP contribution in [0.5, 0.6) is 0 Å². The summed E-state index contributed by atoms with van der Waals surface area (Å²) in [6.45, 7) is 6.41. The van der Waals surface area contributed by atoms with Crippen LogP contribution in [-0.2, 0) is 9.53 Å². The summed E-state index contributed by atoms with van der Waals surface area (Å²) in [7, 11) is 2.04. The van der Waals surface area contributed by atoms with Gasteiger partial charge in [-0.05, 0) is 32.9 Å². The molecule has 0 heterocycles. The topological polar surface area (TPSA) is 29.5 Å². The Morgan fingerprint density at radius 2 is 2.14 bits per heavy atom. The summed E-state index contributed by atoms with van der Waals surface area (Å²) in [4.78, 5) is 13.1. The third kappa shape index (κ3) is 7.78. The summed E-state index contributed by atoms with van der Waals surface area (Å²) in [6, 6.07) is 0. The van der Waals surface area contributed by atoms with Crippen LogP contribution in [0.3, 0.4) is 0 Å². The third-order valence-corrected chi connectivity index (χ3v) is 1.72. The molecule has 0 aliphatic heterocycles. The molecule has 0 aromatic heterocycles. The van der Waals surface area contributed by atoms with Crippen LogP contribution in [0.4, 0.5) is 0 Å². The molecule has 0 saturated carbocycles. The van der Waals surface area contributed by atoms with Crippen LogP contribution in [0.1, 0.15) is 20.3 Å². The van der Waals surface area contributed by atoms with Gasteiger partial charge in [-0.15, -0.1) is 0 Å². The lowest BCUT2D eigenvalue weighted by molar-refractivity contribution is -0.118. The highest BCUT2D eigenvalue weighted by molar-refractivity contribution is 5.96.